The fraction of sp³-hybridized carbons (Fsp3) is 0.600. The van der Waals surface area contributed by atoms with Gasteiger partial charge < -0.3 is 0 Å². The van der Waals surface area contributed by atoms with Crippen LogP contribution in [0.3, 0.4) is 0 Å². The lowest BCUT2D eigenvalue weighted by Crippen LogP contribution is -1.70. The molecule has 1 heteroatoms. The van der Waals surface area contributed by atoms with E-state index in [1.165, 1.54) is 5.57 Å². The van der Waals surface area contributed by atoms with Crippen LogP contribution in [-0.2, 0) is 0 Å². The lowest BCUT2D eigenvalue weighted by atomic mass is 10.3. The molecule has 0 aliphatic heterocycles. The summed E-state index contributed by atoms with van der Waals surface area (Å²) in [5, 5.41) is 0. The van der Waals surface area contributed by atoms with Gasteiger partial charge in [0.05, 0.1) is 0 Å². The topological polar surface area (TPSA) is 0 Å². The molecule has 0 fully saturated rings. The quantitative estimate of drug-likeness (QED) is 0.353. The molecule has 0 amide bonds. The van der Waals surface area contributed by atoms with Gasteiger partial charge in [-0.15, -0.1) is 11.6 Å². The maximum atomic E-state index is 5.38. The smallest absolute Gasteiger partial charge is 0.0430 e. The number of halogens is 1. The minimum Gasteiger partial charge on any atom is -0.122 e. The molecule has 0 aromatic carbocycles. The molecule has 6 heavy (non-hydrogen) atoms. The molecule has 0 aromatic rings. The molecule has 0 aliphatic carbocycles. The first-order valence-electron chi connectivity index (χ1n) is 1.99. The Morgan fingerprint density at radius 3 is 2.33 bits per heavy atom. The van der Waals surface area contributed by atoms with Crippen molar-refractivity contribution in [3.63, 3.8) is 0 Å². The van der Waals surface area contributed by atoms with Crippen molar-refractivity contribution in [2.24, 2.45) is 0 Å². The van der Waals surface area contributed by atoms with Crippen molar-refractivity contribution in [1.82, 2.24) is 0 Å². The lowest BCUT2D eigenvalue weighted by molar-refractivity contribution is 1.37. The minimum atomic E-state index is 0.663. The van der Waals surface area contributed by atoms with Crippen LogP contribution in [0.5, 0.6) is 0 Å². The van der Waals surface area contributed by atoms with Gasteiger partial charge in [0.2, 0.25) is 0 Å². The van der Waals surface area contributed by atoms with Crippen molar-refractivity contribution < 1.29 is 0 Å². The summed E-state index contributed by atoms with van der Waals surface area (Å²) in [7, 11) is 0. The second-order valence-corrected chi connectivity index (χ2v) is 1.54. The van der Waals surface area contributed by atoms with Gasteiger partial charge in [-0.05, 0) is 13.8 Å². The van der Waals surface area contributed by atoms with Crippen LogP contribution in [0.15, 0.2) is 11.6 Å². The normalized spacial score (nSPS) is 12.2. The first-order chi connectivity index (χ1) is 2.81. The molecule has 0 N–H and O–H groups in total. The van der Waals surface area contributed by atoms with E-state index in [1.54, 1.807) is 0 Å². The van der Waals surface area contributed by atoms with Crippen molar-refractivity contribution >= 4 is 11.6 Å². The maximum Gasteiger partial charge on any atom is 0.0430 e. The molecule has 0 nitrogen and oxygen atoms in total. The van der Waals surface area contributed by atoms with Crippen molar-refractivity contribution in [3.8, 4) is 0 Å². The second kappa shape index (κ2) is 3.23. The number of hydrogen-bond acceptors (Lipinski definition) is 0. The van der Waals surface area contributed by atoms with E-state index in [4.69, 9.17) is 11.6 Å². The lowest BCUT2D eigenvalue weighted by Gasteiger charge is -1.83. The third kappa shape index (κ3) is 2.28. The van der Waals surface area contributed by atoms with Gasteiger partial charge in [0.1, 0.15) is 0 Å². The van der Waals surface area contributed by atoms with Gasteiger partial charge in [-0.3, -0.25) is 0 Å². The highest BCUT2D eigenvalue weighted by Crippen LogP contribution is 1.91. The molecule has 36 valence electrons. The van der Waals surface area contributed by atoms with Crippen LogP contribution in [0.1, 0.15) is 13.8 Å². The molecular formula is C5H9Cl. The Kier molecular flexibility index (Phi) is 3.24. The summed E-state index contributed by atoms with van der Waals surface area (Å²) in [6.45, 7) is 3.99. The highest BCUT2D eigenvalue weighted by molar-refractivity contribution is 6.19. The Bertz CT molecular complexity index is 55.0. The summed E-state index contributed by atoms with van der Waals surface area (Å²) in [4.78, 5) is 0. The van der Waals surface area contributed by atoms with E-state index in [2.05, 4.69) is 0 Å². The maximum absolute atomic E-state index is 5.38. The van der Waals surface area contributed by atoms with Crippen LogP contribution in [0.4, 0.5) is 0 Å². The SMILES string of the molecule is C/C=C(/C)CCl. The number of allylic oxidation sites excluding steroid dienone is 2. The van der Waals surface area contributed by atoms with Gasteiger partial charge in [-0.1, -0.05) is 11.6 Å². The summed E-state index contributed by atoms with van der Waals surface area (Å²) < 4.78 is 0. The van der Waals surface area contributed by atoms with Gasteiger partial charge in [0, 0.05) is 5.88 Å². The van der Waals surface area contributed by atoms with Crippen LogP contribution in [-0.4, -0.2) is 5.88 Å². The molecule has 0 bridgehead atoms. The standard InChI is InChI=1S/C5H9Cl/c1-3-5(2)4-6/h3H,4H2,1-2H3/b5-3-. The summed E-state index contributed by atoms with van der Waals surface area (Å²) in [5.74, 6) is 0.663. The van der Waals surface area contributed by atoms with Crippen LogP contribution >= 0.6 is 11.6 Å². The number of hydrogen-bond donors (Lipinski definition) is 0. The third-order valence-electron chi connectivity index (χ3n) is 0.704. The third-order valence-corrected chi connectivity index (χ3v) is 1.13. The minimum absolute atomic E-state index is 0.663. The highest BCUT2D eigenvalue weighted by atomic mass is 35.5. The van der Waals surface area contributed by atoms with E-state index in [9.17, 15) is 0 Å². The molecular weight excluding hydrogens is 95.5 g/mol. The summed E-state index contributed by atoms with van der Waals surface area (Å²) >= 11 is 5.38. The van der Waals surface area contributed by atoms with E-state index in [0.717, 1.165) is 0 Å². The summed E-state index contributed by atoms with van der Waals surface area (Å²) in [6.07, 6.45) is 2.01. The first-order valence-corrected chi connectivity index (χ1v) is 2.52. The van der Waals surface area contributed by atoms with Gasteiger partial charge >= 0.3 is 0 Å². The van der Waals surface area contributed by atoms with E-state index >= 15 is 0 Å². The molecule has 0 spiro atoms. The number of alkyl halides is 1. The monoisotopic (exact) mass is 104 g/mol. The predicted octanol–water partition coefficient (Wildman–Crippen LogP) is 2.19. The Balaban J connectivity index is 3.22. The molecule has 0 rings (SSSR count). The van der Waals surface area contributed by atoms with Crippen LogP contribution in [0.25, 0.3) is 0 Å². The second-order valence-electron chi connectivity index (χ2n) is 1.27. The fourth-order valence-corrected chi connectivity index (χ4v) is 0.231. The van der Waals surface area contributed by atoms with E-state index in [0.29, 0.717) is 5.88 Å². The average molecular weight is 105 g/mol. The van der Waals surface area contributed by atoms with Crippen molar-refractivity contribution in [3.05, 3.63) is 11.6 Å². The van der Waals surface area contributed by atoms with Gasteiger partial charge in [-0.2, -0.15) is 0 Å². The Morgan fingerprint density at radius 1 is 1.83 bits per heavy atom. The van der Waals surface area contributed by atoms with Gasteiger partial charge in [-0.25, -0.2) is 0 Å². The van der Waals surface area contributed by atoms with Crippen molar-refractivity contribution in [1.29, 1.82) is 0 Å². The molecule has 0 heterocycles. The molecule has 0 radical (unpaired) electrons. The van der Waals surface area contributed by atoms with E-state index < -0.39 is 0 Å². The van der Waals surface area contributed by atoms with Crippen molar-refractivity contribution in [2.45, 2.75) is 13.8 Å². The van der Waals surface area contributed by atoms with Crippen LogP contribution < -0.4 is 0 Å². The zero-order valence-electron chi connectivity index (χ0n) is 4.16. The van der Waals surface area contributed by atoms with Gasteiger partial charge in [0.15, 0.2) is 0 Å². The Morgan fingerprint density at radius 2 is 2.33 bits per heavy atom. The van der Waals surface area contributed by atoms with Crippen LogP contribution in [0.2, 0.25) is 0 Å². The number of rotatable bonds is 1. The predicted molar refractivity (Wildman–Crippen MR) is 30.2 cm³/mol. The molecule has 0 aliphatic rings. The highest BCUT2D eigenvalue weighted by Gasteiger charge is 1.75. The summed E-state index contributed by atoms with van der Waals surface area (Å²) in [5.41, 5.74) is 1.23. The average Bonchev–Trinajstić information content (AvgIpc) is 1.65. The largest absolute Gasteiger partial charge is 0.122 e. The van der Waals surface area contributed by atoms with Crippen LogP contribution in [0, 0.1) is 0 Å². The van der Waals surface area contributed by atoms with Crippen molar-refractivity contribution in [2.75, 3.05) is 5.88 Å². The fourth-order valence-electron chi connectivity index (χ4n) is 0.0772. The van der Waals surface area contributed by atoms with Gasteiger partial charge in [0.25, 0.3) is 0 Å². The first kappa shape index (κ1) is 6.03. The zero-order valence-corrected chi connectivity index (χ0v) is 4.92. The zero-order chi connectivity index (χ0) is 4.99. The molecule has 0 atom stereocenters. The molecule has 0 saturated heterocycles. The molecule has 0 aromatic heterocycles. The molecule has 0 unspecified atom stereocenters. The summed E-state index contributed by atoms with van der Waals surface area (Å²) in [6, 6.07) is 0. The molecule has 0 saturated carbocycles. The van der Waals surface area contributed by atoms with E-state index in [-0.39, 0.29) is 0 Å². The Hall–Kier alpha value is 0.0300. The van der Waals surface area contributed by atoms with E-state index in [1.807, 2.05) is 19.9 Å². The Labute approximate surface area is 43.8 Å².